The van der Waals surface area contributed by atoms with Crippen LogP contribution in [0.2, 0.25) is 0 Å². The topological polar surface area (TPSA) is 33.3 Å². The molecule has 3 heteroatoms. The van der Waals surface area contributed by atoms with E-state index in [4.69, 9.17) is 4.74 Å². The van der Waals surface area contributed by atoms with E-state index in [2.05, 4.69) is 17.6 Å². The van der Waals surface area contributed by atoms with Crippen LogP contribution in [-0.4, -0.2) is 38.9 Å². The Morgan fingerprint density at radius 1 is 1.22 bits per heavy atom. The van der Waals surface area contributed by atoms with E-state index in [1.165, 1.54) is 51.5 Å². The largest absolute Gasteiger partial charge is 0.377 e. The second-order valence-corrected chi connectivity index (χ2v) is 6.06. The van der Waals surface area contributed by atoms with Gasteiger partial charge in [-0.25, -0.2) is 0 Å². The summed E-state index contributed by atoms with van der Waals surface area (Å²) in [7, 11) is 0. The van der Waals surface area contributed by atoms with Crippen LogP contribution in [0.25, 0.3) is 0 Å². The van der Waals surface area contributed by atoms with Crippen molar-refractivity contribution in [1.29, 1.82) is 0 Å². The molecule has 0 aromatic carbocycles. The van der Waals surface area contributed by atoms with Crippen LogP contribution in [0.3, 0.4) is 0 Å². The summed E-state index contributed by atoms with van der Waals surface area (Å²) in [6, 6.07) is 0. The molecule has 1 saturated heterocycles. The molecule has 1 heterocycles. The van der Waals surface area contributed by atoms with Gasteiger partial charge in [-0.1, -0.05) is 19.8 Å². The van der Waals surface area contributed by atoms with Crippen LogP contribution in [0, 0.1) is 5.41 Å². The van der Waals surface area contributed by atoms with Gasteiger partial charge in [0.1, 0.15) is 0 Å². The molecule has 18 heavy (non-hydrogen) atoms. The standard InChI is InChI=1S/C15H30N2O/c1-2-15(7-3-4-8-15)13-17-11-12-18-14-5-9-16-10-6-14/h14,16-17H,2-13H2,1H3. The lowest BCUT2D eigenvalue weighted by atomic mass is 9.83. The van der Waals surface area contributed by atoms with Gasteiger partial charge in [-0.2, -0.15) is 0 Å². The number of rotatable bonds is 7. The number of hydrogen-bond donors (Lipinski definition) is 2. The SMILES string of the molecule is CCC1(CNCCOC2CCNCC2)CCCC1. The normalized spacial score (nSPS) is 24.5. The Morgan fingerprint density at radius 3 is 2.61 bits per heavy atom. The molecule has 2 fully saturated rings. The molecule has 3 nitrogen and oxygen atoms in total. The average Bonchev–Trinajstić information content (AvgIpc) is 2.89. The van der Waals surface area contributed by atoms with E-state index in [0.717, 1.165) is 26.2 Å². The molecule has 0 radical (unpaired) electrons. The quantitative estimate of drug-likeness (QED) is 0.684. The van der Waals surface area contributed by atoms with Crippen molar-refractivity contribution in [1.82, 2.24) is 10.6 Å². The molecule has 2 N–H and O–H groups in total. The first-order chi connectivity index (χ1) is 8.85. The second-order valence-electron chi connectivity index (χ2n) is 6.06. The van der Waals surface area contributed by atoms with Crippen molar-refractivity contribution in [3.63, 3.8) is 0 Å². The van der Waals surface area contributed by atoms with Crippen LogP contribution in [0.4, 0.5) is 0 Å². The Bertz CT molecular complexity index is 221. The fourth-order valence-corrected chi connectivity index (χ4v) is 3.39. The van der Waals surface area contributed by atoms with Crippen molar-refractivity contribution in [2.75, 3.05) is 32.8 Å². The number of piperidine rings is 1. The zero-order chi connectivity index (χ0) is 12.7. The van der Waals surface area contributed by atoms with Gasteiger partial charge in [0.15, 0.2) is 0 Å². The third-order valence-corrected chi connectivity index (χ3v) is 4.83. The van der Waals surface area contributed by atoms with Gasteiger partial charge in [0, 0.05) is 13.1 Å². The summed E-state index contributed by atoms with van der Waals surface area (Å²) >= 11 is 0. The number of hydrogen-bond acceptors (Lipinski definition) is 3. The van der Waals surface area contributed by atoms with Crippen LogP contribution in [0.5, 0.6) is 0 Å². The molecule has 0 unspecified atom stereocenters. The van der Waals surface area contributed by atoms with E-state index in [1.807, 2.05) is 0 Å². The summed E-state index contributed by atoms with van der Waals surface area (Å²) in [5.41, 5.74) is 0.606. The second kappa shape index (κ2) is 7.46. The minimum atomic E-state index is 0.500. The third kappa shape index (κ3) is 4.22. The molecule has 0 aromatic heterocycles. The van der Waals surface area contributed by atoms with Crippen LogP contribution >= 0.6 is 0 Å². The fraction of sp³-hybridized carbons (Fsp3) is 1.00. The summed E-state index contributed by atoms with van der Waals surface area (Å²) in [5, 5.41) is 6.99. The van der Waals surface area contributed by atoms with E-state index in [9.17, 15) is 0 Å². The molecule has 2 rings (SSSR count). The van der Waals surface area contributed by atoms with E-state index < -0.39 is 0 Å². The monoisotopic (exact) mass is 254 g/mol. The predicted octanol–water partition coefficient (Wildman–Crippen LogP) is 2.31. The number of nitrogens with one attached hydrogen (secondary N) is 2. The summed E-state index contributed by atoms with van der Waals surface area (Å²) in [6.07, 6.45) is 9.89. The zero-order valence-corrected chi connectivity index (χ0v) is 12.0. The van der Waals surface area contributed by atoms with Gasteiger partial charge < -0.3 is 15.4 Å². The van der Waals surface area contributed by atoms with Gasteiger partial charge in [0.25, 0.3) is 0 Å². The predicted molar refractivity (Wildman–Crippen MR) is 75.9 cm³/mol. The van der Waals surface area contributed by atoms with Gasteiger partial charge in [-0.05, 0) is 50.6 Å². The Hall–Kier alpha value is -0.120. The van der Waals surface area contributed by atoms with E-state index >= 15 is 0 Å². The highest BCUT2D eigenvalue weighted by molar-refractivity contribution is 4.85. The maximum absolute atomic E-state index is 5.91. The van der Waals surface area contributed by atoms with Crippen LogP contribution in [-0.2, 0) is 4.74 Å². The van der Waals surface area contributed by atoms with Crippen molar-refractivity contribution < 1.29 is 4.74 Å². The lowest BCUT2D eigenvalue weighted by molar-refractivity contribution is 0.0338. The Morgan fingerprint density at radius 2 is 1.94 bits per heavy atom. The van der Waals surface area contributed by atoms with E-state index in [1.54, 1.807) is 0 Å². The van der Waals surface area contributed by atoms with Crippen molar-refractivity contribution >= 4 is 0 Å². The van der Waals surface area contributed by atoms with Crippen molar-refractivity contribution in [2.24, 2.45) is 5.41 Å². The Kier molecular flexibility index (Phi) is 5.93. The van der Waals surface area contributed by atoms with Crippen molar-refractivity contribution in [3.8, 4) is 0 Å². The lowest BCUT2D eigenvalue weighted by Crippen LogP contribution is -2.36. The van der Waals surface area contributed by atoms with Gasteiger partial charge >= 0.3 is 0 Å². The highest BCUT2D eigenvalue weighted by Crippen LogP contribution is 2.40. The van der Waals surface area contributed by atoms with E-state index in [-0.39, 0.29) is 0 Å². The highest BCUT2D eigenvalue weighted by Gasteiger charge is 2.31. The molecule has 0 aromatic rings. The summed E-state index contributed by atoms with van der Waals surface area (Å²) in [5.74, 6) is 0. The molecule has 2 aliphatic rings. The summed E-state index contributed by atoms with van der Waals surface area (Å²) < 4.78 is 5.91. The molecule has 0 spiro atoms. The van der Waals surface area contributed by atoms with Crippen LogP contribution < -0.4 is 10.6 Å². The molecule has 0 amide bonds. The first kappa shape index (κ1) is 14.3. The van der Waals surface area contributed by atoms with Gasteiger partial charge in [-0.15, -0.1) is 0 Å². The van der Waals surface area contributed by atoms with Gasteiger partial charge in [-0.3, -0.25) is 0 Å². The molecule has 0 bridgehead atoms. The molecule has 106 valence electrons. The Balaban J connectivity index is 1.52. The molecular formula is C15H30N2O. The fourth-order valence-electron chi connectivity index (χ4n) is 3.39. The summed E-state index contributed by atoms with van der Waals surface area (Å²) in [6.45, 7) is 7.68. The number of ether oxygens (including phenoxy) is 1. The van der Waals surface area contributed by atoms with Crippen molar-refractivity contribution in [2.45, 2.75) is 58.0 Å². The maximum Gasteiger partial charge on any atom is 0.0600 e. The smallest absolute Gasteiger partial charge is 0.0600 e. The first-order valence-electron chi connectivity index (χ1n) is 7.88. The minimum Gasteiger partial charge on any atom is -0.377 e. The van der Waals surface area contributed by atoms with Gasteiger partial charge in [0.2, 0.25) is 0 Å². The zero-order valence-electron chi connectivity index (χ0n) is 12.0. The molecular weight excluding hydrogens is 224 g/mol. The maximum atomic E-state index is 5.91. The first-order valence-corrected chi connectivity index (χ1v) is 7.88. The van der Waals surface area contributed by atoms with Crippen molar-refractivity contribution in [3.05, 3.63) is 0 Å². The molecule has 1 aliphatic carbocycles. The summed E-state index contributed by atoms with van der Waals surface area (Å²) in [4.78, 5) is 0. The minimum absolute atomic E-state index is 0.500. The molecule has 1 saturated carbocycles. The third-order valence-electron chi connectivity index (χ3n) is 4.83. The highest BCUT2D eigenvalue weighted by atomic mass is 16.5. The lowest BCUT2D eigenvalue weighted by Gasteiger charge is -2.28. The Labute approximate surface area is 112 Å². The van der Waals surface area contributed by atoms with Crippen LogP contribution in [0.1, 0.15) is 51.9 Å². The molecule has 1 aliphatic heterocycles. The van der Waals surface area contributed by atoms with E-state index in [0.29, 0.717) is 11.5 Å². The molecule has 0 atom stereocenters. The van der Waals surface area contributed by atoms with Crippen LogP contribution in [0.15, 0.2) is 0 Å². The van der Waals surface area contributed by atoms with Gasteiger partial charge in [0.05, 0.1) is 12.7 Å². The average molecular weight is 254 g/mol.